The maximum absolute atomic E-state index is 9.27. The molecule has 0 spiro atoms. The predicted molar refractivity (Wildman–Crippen MR) is 99.3 cm³/mol. The van der Waals surface area contributed by atoms with E-state index in [1.54, 1.807) is 6.08 Å². The molecule has 1 unspecified atom stereocenters. The second kappa shape index (κ2) is 6.96. The van der Waals surface area contributed by atoms with Crippen molar-refractivity contribution in [1.29, 1.82) is 0 Å². The van der Waals surface area contributed by atoms with E-state index in [2.05, 4.69) is 44.7 Å². The van der Waals surface area contributed by atoms with Gasteiger partial charge in [-0.25, -0.2) is 0 Å². The van der Waals surface area contributed by atoms with E-state index >= 15 is 0 Å². The molecule has 2 nitrogen and oxygen atoms in total. The van der Waals surface area contributed by atoms with Gasteiger partial charge in [0.05, 0.1) is 0 Å². The normalized spacial score (nSPS) is 19.9. The van der Waals surface area contributed by atoms with Gasteiger partial charge in [0.1, 0.15) is 17.6 Å². The highest BCUT2D eigenvalue weighted by Crippen LogP contribution is 2.38. The molecule has 0 heterocycles. The predicted octanol–water partition coefficient (Wildman–Crippen LogP) is 5.78. The molecule has 0 saturated heterocycles. The molecule has 124 valence electrons. The highest BCUT2D eigenvalue weighted by Gasteiger charge is 2.28. The van der Waals surface area contributed by atoms with Crippen molar-refractivity contribution in [3.05, 3.63) is 83.1 Å². The Morgan fingerprint density at radius 3 is 2.79 bits per heavy atom. The zero-order valence-electron chi connectivity index (χ0n) is 14.3. The lowest BCUT2D eigenvalue weighted by atomic mass is 9.82. The highest BCUT2D eigenvalue weighted by molar-refractivity contribution is 5.59. The fraction of sp³-hybridized carbons (Fsp3) is 0.273. The first-order valence-electron chi connectivity index (χ1n) is 8.46. The fourth-order valence-electron chi connectivity index (χ4n) is 3.32. The third kappa shape index (κ3) is 3.38. The summed E-state index contributed by atoms with van der Waals surface area (Å²) in [5, 5.41) is 9.27. The lowest BCUT2D eigenvalue weighted by molar-refractivity contribution is 0.128. The van der Waals surface area contributed by atoms with Crippen molar-refractivity contribution in [2.75, 3.05) is 0 Å². The number of aliphatic hydroxyl groups is 1. The number of hydrogen-bond donors (Lipinski definition) is 1. The van der Waals surface area contributed by atoms with E-state index in [1.807, 2.05) is 24.3 Å². The van der Waals surface area contributed by atoms with Crippen LogP contribution < -0.4 is 4.74 Å². The summed E-state index contributed by atoms with van der Waals surface area (Å²) in [6.07, 6.45) is 5.82. The van der Waals surface area contributed by atoms with Crippen LogP contribution in [0.1, 0.15) is 41.7 Å². The van der Waals surface area contributed by atoms with E-state index in [0.29, 0.717) is 5.92 Å². The van der Waals surface area contributed by atoms with E-state index in [9.17, 15) is 5.11 Å². The number of benzene rings is 2. The molecule has 2 heteroatoms. The van der Waals surface area contributed by atoms with Crippen LogP contribution in [0.25, 0.3) is 6.08 Å². The Morgan fingerprint density at radius 2 is 2.00 bits per heavy atom. The van der Waals surface area contributed by atoms with Crippen LogP contribution >= 0.6 is 0 Å². The first kappa shape index (κ1) is 16.4. The third-order valence-corrected chi connectivity index (χ3v) is 4.78. The molecule has 2 aromatic rings. The van der Waals surface area contributed by atoms with E-state index in [0.717, 1.165) is 29.7 Å². The lowest BCUT2D eigenvalue weighted by Crippen LogP contribution is -2.23. The molecule has 2 atom stereocenters. The van der Waals surface area contributed by atoms with Crippen LogP contribution in [-0.2, 0) is 6.42 Å². The van der Waals surface area contributed by atoms with Gasteiger partial charge in [0.15, 0.2) is 0 Å². The minimum Gasteiger partial charge on any atom is -0.509 e. The summed E-state index contributed by atoms with van der Waals surface area (Å²) in [5.41, 5.74) is 4.80. The summed E-state index contributed by atoms with van der Waals surface area (Å²) in [6, 6.07) is 14.6. The van der Waals surface area contributed by atoms with Crippen LogP contribution in [0.2, 0.25) is 0 Å². The van der Waals surface area contributed by atoms with Gasteiger partial charge in [-0.05, 0) is 60.1 Å². The Morgan fingerprint density at radius 1 is 1.21 bits per heavy atom. The molecule has 2 aromatic carbocycles. The van der Waals surface area contributed by atoms with Gasteiger partial charge in [-0.1, -0.05) is 56.0 Å². The summed E-state index contributed by atoms with van der Waals surface area (Å²) in [5.74, 6) is 1.43. The monoisotopic (exact) mass is 320 g/mol. The van der Waals surface area contributed by atoms with Gasteiger partial charge in [0.25, 0.3) is 0 Å². The zero-order chi connectivity index (χ0) is 17.1. The van der Waals surface area contributed by atoms with Crippen molar-refractivity contribution in [3.8, 4) is 5.75 Å². The van der Waals surface area contributed by atoms with Gasteiger partial charge in [0, 0.05) is 0 Å². The highest BCUT2D eigenvalue weighted by atomic mass is 16.5. The average Bonchev–Trinajstić information content (AvgIpc) is 2.57. The molecule has 0 fully saturated rings. The first-order chi connectivity index (χ1) is 11.6. The molecule has 24 heavy (non-hydrogen) atoms. The molecule has 1 N–H and O–H groups in total. The van der Waals surface area contributed by atoms with E-state index in [4.69, 9.17) is 4.74 Å². The van der Waals surface area contributed by atoms with Gasteiger partial charge in [-0.15, -0.1) is 0 Å². The Hall–Kier alpha value is -2.48. The molecule has 0 bridgehead atoms. The smallest absolute Gasteiger partial charge is 0.127 e. The fourth-order valence-corrected chi connectivity index (χ4v) is 3.32. The Balaban J connectivity index is 1.91. The second-order valence-corrected chi connectivity index (χ2v) is 6.55. The number of rotatable bonds is 4. The number of fused-ring (bicyclic) bond motifs is 1. The van der Waals surface area contributed by atoms with Crippen molar-refractivity contribution in [2.45, 2.75) is 32.8 Å². The van der Waals surface area contributed by atoms with Crippen LogP contribution in [0, 0.1) is 12.8 Å². The summed E-state index contributed by atoms with van der Waals surface area (Å²) >= 11 is 0. The van der Waals surface area contributed by atoms with E-state index < -0.39 is 0 Å². The number of allylic oxidation sites excluding steroid dienone is 1. The molecule has 1 aliphatic rings. The maximum atomic E-state index is 9.27. The largest absolute Gasteiger partial charge is 0.509 e. The lowest BCUT2D eigenvalue weighted by Gasteiger charge is -2.32. The van der Waals surface area contributed by atoms with E-state index in [-0.39, 0.29) is 11.9 Å². The quantitative estimate of drug-likeness (QED) is 0.571. The Labute approximate surface area is 144 Å². The number of aryl methyl sites for hydroxylation is 1. The molecule has 0 aliphatic heterocycles. The van der Waals surface area contributed by atoms with Crippen LogP contribution in [0.15, 0.2) is 60.9 Å². The van der Waals surface area contributed by atoms with Crippen LogP contribution in [0.5, 0.6) is 5.75 Å². The maximum Gasteiger partial charge on any atom is 0.127 e. The zero-order valence-corrected chi connectivity index (χ0v) is 14.3. The van der Waals surface area contributed by atoms with Crippen LogP contribution in [-0.4, -0.2) is 5.11 Å². The van der Waals surface area contributed by atoms with Gasteiger partial charge in [-0.2, -0.15) is 0 Å². The minimum absolute atomic E-state index is 0.0514. The summed E-state index contributed by atoms with van der Waals surface area (Å²) < 4.78 is 6.45. The standard InChI is InChI=1S/C22H24O2/c1-15-11-13-19-7-4-5-9-20(19)22(15)24-21-10-6-8-18(17(21)3)14-12-16(2)23/h4-10,12,14-15,22-23H,2,11,13H2,1,3H3/b14-12-/t15?,22-/m1/s1. The molecule has 0 aromatic heterocycles. The molecular weight excluding hydrogens is 296 g/mol. The van der Waals surface area contributed by atoms with Gasteiger partial charge < -0.3 is 9.84 Å². The van der Waals surface area contributed by atoms with Crippen molar-refractivity contribution < 1.29 is 9.84 Å². The average molecular weight is 320 g/mol. The van der Waals surface area contributed by atoms with Gasteiger partial charge in [0.2, 0.25) is 0 Å². The van der Waals surface area contributed by atoms with Gasteiger partial charge in [-0.3, -0.25) is 0 Å². The summed E-state index contributed by atoms with van der Waals surface area (Å²) in [4.78, 5) is 0. The second-order valence-electron chi connectivity index (χ2n) is 6.55. The SMILES string of the molecule is C=C(O)/C=C\c1cccc(O[C@H]2c3ccccc3CCC2C)c1C. The van der Waals surface area contributed by atoms with Crippen LogP contribution in [0.3, 0.4) is 0 Å². The van der Waals surface area contributed by atoms with E-state index in [1.165, 1.54) is 11.1 Å². The molecule has 3 rings (SSSR count). The Bertz CT molecular complexity index is 773. The first-order valence-corrected chi connectivity index (χ1v) is 8.46. The molecule has 1 aliphatic carbocycles. The van der Waals surface area contributed by atoms with Gasteiger partial charge >= 0.3 is 0 Å². The summed E-state index contributed by atoms with van der Waals surface area (Å²) in [6.45, 7) is 7.80. The molecule has 0 amide bonds. The molecule has 0 radical (unpaired) electrons. The number of hydrogen-bond acceptors (Lipinski definition) is 2. The minimum atomic E-state index is 0.0514. The number of ether oxygens (including phenoxy) is 1. The topological polar surface area (TPSA) is 29.5 Å². The van der Waals surface area contributed by atoms with Crippen molar-refractivity contribution in [1.82, 2.24) is 0 Å². The van der Waals surface area contributed by atoms with Crippen molar-refractivity contribution >= 4 is 6.08 Å². The van der Waals surface area contributed by atoms with Crippen molar-refractivity contribution in [3.63, 3.8) is 0 Å². The third-order valence-electron chi connectivity index (χ3n) is 4.78. The van der Waals surface area contributed by atoms with Crippen LogP contribution in [0.4, 0.5) is 0 Å². The Kier molecular flexibility index (Phi) is 4.75. The van der Waals surface area contributed by atoms with Crippen molar-refractivity contribution in [2.24, 2.45) is 5.92 Å². The molecule has 0 saturated carbocycles. The summed E-state index contributed by atoms with van der Waals surface area (Å²) in [7, 11) is 0. The number of aliphatic hydroxyl groups excluding tert-OH is 1. The molecular formula is C22H24O2.